The normalized spacial score (nSPS) is 17.7. The van der Waals surface area contributed by atoms with E-state index in [1.165, 1.54) is 9.80 Å². The second-order valence-electron chi connectivity index (χ2n) is 7.78. The number of nitrogens with zero attached hydrogens (tertiary/aromatic N) is 2. The molecule has 0 unspecified atom stereocenters. The molecule has 2 heterocycles. The molecule has 9 heteroatoms. The number of benzene rings is 2. The summed E-state index contributed by atoms with van der Waals surface area (Å²) in [5, 5.41) is 2.85. The molecule has 1 N–H and O–H groups in total. The third-order valence-corrected chi connectivity index (χ3v) is 7.06. The van der Waals surface area contributed by atoms with Crippen LogP contribution in [-0.4, -0.2) is 53.7 Å². The van der Waals surface area contributed by atoms with Gasteiger partial charge in [0.05, 0.1) is 29.3 Å². The Balaban J connectivity index is 1.62. The van der Waals surface area contributed by atoms with Crippen LogP contribution in [0.5, 0.6) is 0 Å². The number of amides is 3. The molecule has 0 aromatic heterocycles. The maximum absolute atomic E-state index is 13.4. The van der Waals surface area contributed by atoms with Gasteiger partial charge in [-0.15, -0.1) is 0 Å². The van der Waals surface area contributed by atoms with Crippen LogP contribution in [0.15, 0.2) is 47.4 Å². The molecule has 2 aromatic rings. The molecule has 0 bridgehead atoms. The summed E-state index contributed by atoms with van der Waals surface area (Å²) in [5.74, 6) is -1.03. The lowest BCUT2D eigenvalue weighted by atomic mass is 10.1. The first-order valence-corrected chi connectivity index (χ1v) is 11.6. The summed E-state index contributed by atoms with van der Waals surface area (Å²) in [6, 6.07) is 12.8. The molecule has 3 amide bonds. The molecule has 1 fully saturated rings. The van der Waals surface area contributed by atoms with E-state index in [0.717, 1.165) is 22.9 Å². The van der Waals surface area contributed by atoms with Gasteiger partial charge in [-0.3, -0.25) is 24.2 Å². The monoisotopic (exact) mass is 481 g/mol. The number of thiocarbonyl (C=S) groups is 1. The molecule has 2 aliphatic rings. The Morgan fingerprint density at radius 1 is 1.06 bits per heavy atom. The largest absolute Gasteiger partial charge is 0.383 e. The van der Waals surface area contributed by atoms with Crippen LogP contribution in [0, 0.1) is 13.8 Å². The Labute approximate surface area is 201 Å². The molecule has 0 spiro atoms. The molecule has 2 aromatic carbocycles. The summed E-state index contributed by atoms with van der Waals surface area (Å²) < 4.78 is 5.45. The van der Waals surface area contributed by atoms with Gasteiger partial charge in [0, 0.05) is 18.4 Å². The van der Waals surface area contributed by atoms with Crippen LogP contribution in [0.2, 0.25) is 0 Å². The van der Waals surface area contributed by atoms with E-state index in [4.69, 9.17) is 17.0 Å². The lowest BCUT2D eigenvalue weighted by Crippen LogP contribution is -2.35. The Kier molecular flexibility index (Phi) is 6.64. The highest BCUT2D eigenvalue weighted by molar-refractivity contribution is 8.26. The van der Waals surface area contributed by atoms with Crippen molar-refractivity contribution >= 4 is 63.0 Å². The number of rotatable bonds is 6. The van der Waals surface area contributed by atoms with Gasteiger partial charge in [-0.1, -0.05) is 48.2 Å². The summed E-state index contributed by atoms with van der Waals surface area (Å²) >= 11 is 6.47. The number of thioether (sulfide) groups is 1. The molecule has 0 radical (unpaired) electrons. The number of nitrogens with one attached hydrogen (secondary N) is 1. The third kappa shape index (κ3) is 4.44. The maximum Gasteiger partial charge on any atom is 0.267 e. The fourth-order valence-corrected chi connectivity index (χ4v) is 5.12. The van der Waals surface area contributed by atoms with Crippen molar-refractivity contribution in [2.24, 2.45) is 0 Å². The fraction of sp³-hybridized carbons (Fsp3) is 0.250. The third-order valence-electron chi connectivity index (χ3n) is 5.61. The number of anilines is 2. The molecule has 4 rings (SSSR count). The summed E-state index contributed by atoms with van der Waals surface area (Å²) in [6.07, 6.45) is 0. The Morgan fingerprint density at radius 3 is 2.55 bits per heavy atom. The predicted molar refractivity (Wildman–Crippen MR) is 134 cm³/mol. The zero-order valence-electron chi connectivity index (χ0n) is 18.5. The number of carbonyl (C=O) groups excluding carboxylic acids is 3. The number of fused-ring (bicyclic) bond motifs is 1. The topological polar surface area (TPSA) is 79.0 Å². The average molecular weight is 482 g/mol. The highest BCUT2D eigenvalue weighted by Gasteiger charge is 2.42. The van der Waals surface area contributed by atoms with Crippen LogP contribution in [0.3, 0.4) is 0 Å². The fourth-order valence-electron chi connectivity index (χ4n) is 3.74. The molecule has 170 valence electrons. The molecule has 1 saturated heterocycles. The van der Waals surface area contributed by atoms with Crippen LogP contribution in [-0.2, 0) is 19.1 Å². The quantitative estimate of drug-likeness (QED) is 0.503. The van der Waals surface area contributed by atoms with E-state index in [0.29, 0.717) is 34.4 Å². The summed E-state index contributed by atoms with van der Waals surface area (Å²) in [4.78, 5) is 42.4. The molecule has 2 aliphatic heterocycles. The highest BCUT2D eigenvalue weighted by Crippen LogP contribution is 2.44. The second-order valence-corrected chi connectivity index (χ2v) is 9.42. The lowest BCUT2D eigenvalue weighted by Gasteiger charge is -2.17. The first kappa shape index (κ1) is 23.2. The van der Waals surface area contributed by atoms with Crippen molar-refractivity contribution in [3.05, 3.63) is 64.1 Å². The van der Waals surface area contributed by atoms with Gasteiger partial charge in [-0.25, -0.2) is 0 Å². The maximum atomic E-state index is 13.4. The SMILES string of the molecule is COCCN1C(=O)C(=C2C(=O)N(CC(=O)Nc3ccc(C)c(C)c3)c3ccccc32)SC1=S. The number of carbonyl (C=O) groups is 3. The molecular weight excluding hydrogens is 458 g/mol. The van der Waals surface area contributed by atoms with E-state index >= 15 is 0 Å². The molecule has 0 aliphatic carbocycles. The summed E-state index contributed by atoms with van der Waals surface area (Å²) in [6.45, 7) is 4.46. The van der Waals surface area contributed by atoms with E-state index in [2.05, 4.69) is 5.32 Å². The van der Waals surface area contributed by atoms with Crippen molar-refractivity contribution in [2.75, 3.05) is 37.0 Å². The number of methoxy groups -OCH3 is 1. The Morgan fingerprint density at radius 2 is 1.82 bits per heavy atom. The standard InChI is InChI=1S/C24H23N3O4S2/c1-14-8-9-16(12-15(14)2)25-19(28)13-27-18-7-5-4-6-17(18)20(22(27)29)21-23(30)26(10-11-31-3)24(32)33-21/h4-9,12H,10-11,13H2,1-3H3,(H,25,28). The van der Waals surface area contributed by atoms with Gasteiger partial charge in [0.2, 0.25) is 5.91 Å². The average Bonchev–Trinajstić information content (AvgIpc) is 3.21. The van der Waals surface area contributed by atoms with E-state index in [1.54, 1.807) is 31.4 Å². The van der Waals surface area contributed by atoms with Gasteiger partial charge in [-0.05, 0) is 43.2 Å². The minimum Gasteiger partial charge on any atom is -0.383 e. The number of hydrogen-bond acceptors (Lipinski definition) is 6. The van der Waals surface area contributed by atoms with Gasteiger partial charge in [0.15, 0.2) is 0 Å². The lowest BCUT2D eigenvalue weighted by molar-refractivity contribution is -0.122. The van der Waals surface area contributed by atoms with Crippen molar-refractivity contribution in [1.82, 2.24) is 4.90 Å². The molecule has 7 nitrogen and oxygen atoms in total. The van der Waals surface area contributed by atoms with Gasteiger partial charge >= 0.3 is 0 Å². The molecule has 0 saturated carbocycles. The van der Waals surface area contributed by atoms with Crippen molar-refractivity contribution in [3.63, 3.8) is 0 Å². The first-order valence-electron chi connectivity index (χ1n) is 10.4. The van der Waals surface area contributed by atoms with Gasteiger partial charge in [0.1, 0.15) is 10.9 Å². The predicted octanol–water partition coefficient (Wildman–Crippen LogP) is 3.51. The van der Waals surface area contributed by atoms with Crippen LogP contribution in [0.1, 0.15) is 16.7 Å². The number of hydrogen-bond donors (Lipinski definition) is 1. The van der Waals surface area contributed by atoms with Crippen LogP contribution >= 0.6 is 24.0 Å². The zero-order valence-corrected chi connectivity index (χ0v) is 20.1. The number of aryl methyl sites for hydroxylation is 2. The number of ether oxygens (including phenoxy) is 1. The van der Waals surface area contributed by atoms with Gasteiger partial charge in [0.25, 0.3) is 11.8 Å². The minimum absolute atomic E-state index is 0.170. The van der Waals surface area contributed by atoms with Crippen molar-refractivity contribution in [2.45, 2.75) is 13.8 Å². The van der Waals surface area contributed by atoms with E-state index in [9.17, 15) is 14.4 Å². The van der Waals surface area contributed by atoms with E-state index in [-0.39, 0.29) is 28.8 Å². The number of para-hydroxylation sites is 1. The summed E-state index contributed by atoms with van der Waals surface area (Å²) in [7, 11) is 1.55. The van der Waals surface area contributed by atoms with Crippen LogP contribution < -0.4 is 10.2 Å². The second kappa shape index (κ2) is 9.46. The smallest absolute Gasteiger partial charge is 0.267 e. The van der Waals surface area contributed by atoms with Crippen molar-refractivity contribution in [3.8, 4) is 0 Å². The molecular formula is C24H23N3O4S2. The van der Waals surface area contributed by atoms with Gasteiger partial charge < -0.3 is 10.1 Å². The van der Waals surface area contributed by atoms with Crippen molar-refractivity contribution < 1.29 is 19.1 Å². The first-order chi connectivity index (χ1) is 15.8. The minimum atomic E-state index is -0.390. The van der Waals surface area contributed by atoms with E-state index in [1.807, 2.05) is 32.0 Å². The summed E-state index contributed by atoms with van der Waals surface area (Å²) in [5.41, 5.74) is 4.35. The zero-order chi connectivity index (χ0) is 23.7. The highest BCUT2D eigenvalue weighted by atomic mass is 32.2. The van der Waals surface area contributed by atoms with E-state index < -0.39 is 5.91 Å². The van der Waals surface area contributed by atoms with Gasteiger partial charge in [-0.2, -0.15) is 0 Å². The Bertz CT molecular complexity index is 1210. The Hall–Kier alpha value is -3.01. The van der Waals surface area contributed by atoms with Crippen molar-refractivity contribution in [1.29, 1.82) is 0 Å². The molecule has 0 atom stereocenters. The van der Waals surface area contributed by atoms with Crippen LogP contribution in [0.25, 0.3) is 5.57 Å². The van der Waals surface area contributed by atoms with Crippen LogP contribution in [0.4, 0.5) is 11.4 Å². The molecule has 33 heavy (non-hydrogen) atoms.